The van der Waals surface area contributed by atoms with Crippen LogP contribution in [-0.2, 0) is 16.6 Å². The van der Waals surface area contributed by atoms with Crippen molar-refractivity contribution in [1.82, 2.24) is 29.9 Å². The summed E-state index contributed by atoms with van der Waals surface area (Å²) in [6, 6.07) is 20.0. The third kappa shape index (κ3) is 4.59. The van der Waals surface area contributed by atoms with Crippen molar-refractivity contribution in [3.05, 3.63) is 90.5 Å². The molecule has 0 aliphatic carbocycles. The van der Waals surface area contributed by atoms with Gasteiger partial charge in [-0.15, -0.1) is 0 Å². The molecule has 184 valence electrons. The number of halogens is 1. The zero-order valence-corrected chi connectivity index (χ0v) is 20.5. The van der Waals surface area contributed by atoms with Crippen LogP contribution in [0, 0.1) is 5.82 Å². The summed E-state index contributed by atoms with van der Waals surface area (Å²) in [6.45, 7) is 0.00267. The molecule has 2 aromatic carbocycles. The van der Waals surface area contributed by atoms with Crippen LogP contribution in [0.4, 0.5) is 4.39 Å². The first kappa shape index (κ1) is 23.0. The van der Waals surface area contributed by atoms with Gasteiger partial charge in [0.1, 0.15) is 17.0 Å². The van der Waals surface area contributed by atoms with Gasteiger partial charge >= 0.3 is 0 Å². The molecular weight excluding hydrogens is 491 g/mol. The number of pyridine rings is 2. The second-order valence-corrected chi connectivity index (χ2v) is 10.6. The minimum atomic E-state index is -3.40. The molecule has 0 bridgehead atoms. The van der Waals surface area contributed by atoms with Gasteiger partial charge in [-0.2, -0.15) is 5.10 Å². The van der Waals surface area contributed by atoms with E-state index in [0.29, 0.717) is 16.8 Å². The van der Waals surface area contributed by atoms with Gasteiger partial charge in [0, 0.05) is 35.4 Å². The molecular formula is C27H21FN6O2S. The molecule has 0 aliphatic heterocycles. The van der Waals surface area contributed by atoms with Crippen molar-refractivity contribution in [2.75, 3.05) is 6.26 Å². The summed E-state index contributed by atoms with van der Waals surface area (Å²) < 4.78 is 39.9. The van der Waals surface area contributed by atoms with E-state index in [2.05, 4.69) is 24.9 Å². The summed E-state index contributed by atoms with van der Waals surface area (Å²) >= 11 is 0. The van der Waals surface area contributed by atoms with Crippen LogP contribution in [0.25, 0.3) is 55.7 Å². The first-order valence-corrected chi connectivity index (χ1v) is 13.4. The number of rotatable bonds is 6. The zero-order valence-electron chi connectivity index (χ0n) is 19.7. The Bertz CT molecular complexity index is 1880. The lowest BCUT2D eigenvalue weighted by Crippen LogP contribution is -2.21. The molecule has 0 saturated heterocycles. The smallest absolute Gasteiger partial charge is 0.209 e. The summed E-state index contributed by atoms with van der Waals surface area (Å²) in [5.74, 6) is -0.443. The maximum Gasteiger partial charge on any atom is 0.209 e. The van der Waals surface area contributed by atoms with E-state index in [1.54, 1.807) is 18.5 Å². The van der Waals surface area contributed by atoms with Gasteiger partial charge in [0.15, 0.2) is 0 Å². The van der Waals surface area contributed by atoms with E-state index in [1.807, 2.05) is 48.5 Å². The van der Waals surface area contributed by atoms with Gasteiger partial charge < -0.3 is 4.98 Å². The van der Waals surface area contributed by atoms with Crippen molar-refractivity contribution >= 4 is 32.0 Å². The van der Waals surface area contributed by atoms with E-state index >= 15 is 0 Å². The number of H-pyrrole nitrogens is 2. The van der Waals surface area contributed by atoms with Crippen molar-refractivity contribution in [3.63, 3.8) is 0 Å². The minimum Gasteiger partial charge on any atom is -0.353 e. The standard InChI is InChI=1S/C27H21FN6O2S/c1-37(35,36)30-15-16-11-18(13-19(28)12-16)20-3-2-4-23-21(20)14-25(31-23)27-26-24(33-34-27)6-5-22(32-26)17-7-9-29-10-8-17/h2-14,30-31H,15H2,1H3,(H,33,34). The van der Waals surface area contributed by atoms with Crippen LogP contribution in [-0.4, -0.2) is 39.8 Å². The molecule has 0 spiro atoms. The van der Waals surface area contributed by atoms with Crippen molar-refractivity contribution < 1.29 is 12.8 Å². The van der Waals surface area contributed by atoms with Crippen molar-refractivity contribution in [2.45, 2.75) is 6.54 Å². The highest BCUT2D eigenvalue weighted by Gasteiger charge is 2.16. The van der Waals surface area contributed by atoms with Crippen LogP contribution < -0.4 is 4.72 Å². The lowest BCUT2D eigenvalue weighted by molar-refractivity contribution is 0.586. The molecule has 6 aromatic rings. The molecule has 0 radical (unpaired) electrons. The molecule has 0 fully saturated rings. The van der Waals surface area contributed by atoms with Gasteiger partial charge in [-0.1, -0.05) is 12.1 Å². The topological polar surface area (TPSA) is 116 Å². The highest BCUT2D eigenvalue weighted by Crippen LogP contribution is 2.34. The molecule has 0 aliphatic rings. The number of benzene rings is 2. The highest BCUT2D eigenvalue weighted by molar-refractivity contribution is 7.88. The average molecular weight is 513 g/mol. The Balaban J connectivity index is 1.44. The largest absolute Gasteiger partial charge is 0.353 e. The van der Waals surface area contributed by atoms with E-state index in [1.165, 1.54) is 12.1 Å². The van der Waals surface area contributed by atoms with E-state index < -0.39 is 15.8 Å². The van der Waals surface area contributed by atoms with Gasteiger partial charge in [-0.05, 0) is 71.3 Å². The molecule has 8 nitrogen and oxygen atoms in total. The van der Waals surface area contributed by atoms with Crippen molar-refractivity contribution in [3.8, 4) is 33.8 Å². The lowest BCUT2D eigenvalue weighted by Gasteiger charge is -2.08. The summed E-state index contributed by atoms with van der Waals surface area (Å²) in [5, 5.41) is 8.45. The SMILES string of the molecule is CS(=O)(=O)NCc1cc(F)cc(-c2cccc3[nH]c(-c4n[nH]c5ccc(-c6ccncc6)nc45)cc23)c1. The zero-order chi connectivity index (χ0) is 25.6. The monoisotopic (exact) mass is 512 g/mol. The highest BCUT2D eigenvalue weighted by atomic mass is 32.2. The minimum absolute atomic E-state index is 0.00267. The Hall–Kier alpha value is -4.41. The van der Waals surface area contributed by atoms with E-state index in [4.69, 9.17) is 4.98 Å². The van der Waals surface area contributed by atoms with E-state index in [0.717, 1.165) is 50.7 Å². The van der Waals surface area contributed by atoms with Crippen LogP contribution in [0.1, 0.15) is 5.56 Å². The number of sulfonamides is 1. The molecule has 4 heterocycles. The van der Waals surface area contributed by atoms with Crippen molar-refractivity contribution in [2.24, 2.45) is 0 Å². The Morgan fingerprint density at radius 2 is 1.78 bits per heavy atom. The van der Waals surface area contributed by atoms with Crippen molar-refractivity contribution in [1.29, 1.82) is 0 Å². The maximum absolute atomic E-state index is 14.5. The Kier molecular flexibility index (Phi) is 5.54. The molecule has 0 saturated carbocycles. The van der Waals surface area contributed by atoms with Gasteiger partial charge in [-0.25, -0.2) is 22.5 Å². The first-order chi connectivity index (χ1) is 17.8. The van der Waals surface area contributed by atoms with Gasteiger partial charge in [0.2, 0.25) is 10.0 Å². The summed E-state index contributed by atoms with van der Waals surface area (Å²) in [5.41, 5.74) is 7.57. The Labute approximate surface area is 211 Å². The third-order valence-corrected chi connectivity index (χ3v) is 6.78. The summed E-state index contributed by atoms with van der Waals surface area (Å²) in [4.78, 5) is 12.3. The maximum atomic E-state index is 14.5. The molecule has 10 heteroatoms. The molecule has 0 amide bonds. The van der Waals surface area contributed by atoms with Crippen LogP contribution in [0.5, 0.6) is 0 Å². The number of nitrogens with zero attached hydrogens (tertiary/aromatic N) is 3. The number of aromatic amines is 2. The number of fused-ring (bicyclic) bond motifs is 2. The first-order valence-electron chi connectivity index (χ1n) is 11.5. The van der Waals surface area contributed by atoms with Crippen LogP contribution >= 0.6 is 0 Å². The molecule has 6 rings (SSSR count). The number of hydrogen-bond donors (Lipinski definition) is 3. The second kappa shape index (κ2) is 8.91. The number of hydrogen-bond acceptors (Lipinski definition) is 5. The van der Waals surface area contributed by atoms with Gasteiger partial charge in [-0.3, -0.25) is 10.1 Å². The number of aromatic nitrogens is 5. The third-order valence-electron chi connectivity index (χ3n) is 6.11. The molecule has 0 atom stereocenters. The predicted molar refractivity (Wildman–Crippen MR) is 141 cm³/mol. The molecule has 0 unspecified atom stereocenters. The predicted octanol–water partition coefficient (Wildman–Crippen LogP) is 5.02. The van der Waals surface area contributed by atoms with Gasteiger partial charge in [0.25, 0.3) is 0 Å². The normalized spacial score (nSPS) is 11.9. The molecule has 3 N–H and O–H groups in total. The van der Waals surface area contributed by atoms with Crippen LogP contribution in [0.15, 0.2) is 79.1 Å². The van der Waals surface area contributed by atoms with Crippen LogP contribution in [0.3, 0.4) is 0 Å². The lowest BCUT2D eigenvalue weighted by atomic mass is 9.99. The van der Waals surface area contributed by atoms with E-state index in [9.17, 15) is 12.8 Å². The van der Waals surface area contributed by atoms with E-state index in [-0.39, 0.29) is 6.54 Å². The Morgan fingerprint density at radius 1 is 0.946 bits per heavy atom. The fraction of sp³-hybridized carbons (Fsp3) is 0.0741. The number of nitrogens with one attached hydrogen (secondary N) is 3. The molecule has 4 aromatic heterocycles. The van der Waals surface area contributed by atoms with Gasteiger partial charge in [0.05, 0.1) is 23.2 Å². The second-order valence-electron chi connectivity index (χ2n) is 8.79. The fourth-order valence-electron chi connectivity index (χ4n) is 4.43. The molecule has 37 heavy (non-hydrogen) atoms. The fourth-order valence-corrected chi connectivity index (χ4v) is 4.86. The Morgan fingerprint density at radius 3 is 2.59 bits per heavy atom. The average Bonchev–Trinajstić information content (AvgIpc) is 3.51. The quantitative estimate of drug-likeness (QED) is 0.290. The van der Waals surface area contributed by atoms with Crippen LogP contribution in [0.2, 0.25) is 0 Å². The summed E-state index contributed by atoms with van der Waals surface area (Å²) in [6.07, 6.45) is 4.53. The summed E-state index contributed by atoms with van der Waals surface area (Å²) in [7, 11) is -3.40.